The molecule has 0 fully saturated rings. The number of nitrogens with one attached hydrogen (secondary N) is 1. The van der Waals surface area contributed by atoms with Gasteiger partial charge in [0.05, 0.1) is 17.4 Å². The number of thioether (sulfide) groups is 1. The van der Waals surface area contributed by atoms with Gasteiger partial charge in [-0.15, -0.1) is 0 Å². The molecule has 0 aliphatic heterocycles. The molecule has 2 aromatic heterocycles. The maximum atomic E-state index is 5.66. The van der Waals surface area contributed by atoms with Crippen LogP contribution in [0.1, 0.15) is 11.3 Å². The summed E-state index contributed by atoms with van der Waals surface area (Å²) in [6, 6.07) is 4.23. The van der Waals surface area contributed by atoms with E-state index in [-0.39, 0.29) is 0 Å². The summed E-state index contributed by atoms with van der Waals surface area (Å²) in [7, 11) is 4.14. The van der Waals surface area contributed by atoms with Gasteiger partial charge in [-0.25, -0.2) is 0 Å². The fourth-order valence-electron chi connectivity index (χ4n) is 1.81. The number of anilines is 2. The van der Waals surface area contributed by atoms with Crippen molar-refractivity contribution in [3.8, 4) is 0 Å². The minimum absolute atomic E-state index is 0.475. The topological polar surface area (TPSA) is 80.0 Å². The van der Waals surface area contributed by atoms with Gasteiger partial charge in [0.25, 0.3) is 0 Å². The first-order chi connectivity index (χ1) is 10.1. The van der Waals surface area contributed by atoms with E-state index in [9.17, 15) is 0 Å². The lowest BCUT2D eigenvalue weighted by molar-refractivity contribution is 0.402. The SMILES string of the molecule is CN(C)Cc1ccnc(CSCCNc2nsnc2N)c1. The summed E-state index contributed by atoms with van der Waals surface area (Å²) in [4.78, 5) is 6.56. The van der Waals surface area contributed by atoms with Crippen molar-refractivity contribution in [3.63, 3.8) is 0 Å². The molecular formula is C13H20N6S2. The van der Waals surface area contributed by atoms with Crippen LogP contribution >= 0.6 is 23.5 Å². The van der Waals surface area contributed by atoms with Crippen LogP contribution in [0.15, 0.2) is 18.3 Å². The lowest BCUT2D eigenvalue weighted by Gasteiger charge is -2.10. The number of nitrogens with two attached hydrogens (primary N) is 1. The maximum Gasteiger partial charge on any atom is 0.184 e. The first-order valence-corrected chi connectivity index (χ1v) is 8.52. The van der Waals surface area contributed by atoms with Crippen molar-refractivity contribution in [3.05, 3.63) is 29.6 Å². The van der Waals surface area contributed by atoms with E-state index in [0.29, 0.717) is 11.6 Å². The molecule has 114 valence electrons. The Morgan fingerprint density at radius 2 is 2.24 bits per heavy atom. The Labute approximate surface area is 133 Å². The molecule has 0 radical (unpaired) electrons. The third-order valence-corrected chi connectivity index (χ3v) is 4.22. The molecule has 21 heavy (non-hydrogen) atoms. The molecule has 0 spiro atoms. The minimum atomic E-state index is 0.475. The highest BCUT2D eigenvalue weighted by Gasteiger charge is 2.03. The smallest absolute Gasteiger partial charge is 0.184 e. The minimum Gasteiger partial charge on any atom is -0.380 e. The Kier molecular flexibility index (Phi) is 6.21. The van der Waals surface area contributed by atoms with E-state index < -0.39 is 0 Å². The highest BCUT2D eigenvalue weighted by molar-refractivity contribution is 7.98. The van der Waals surface area contributed by atoms with Gasteiger partial charge < -0.3 is 16.0 Å². The van der Waals surface area contributed by atoms with Crippen LogP contribution in [0.3, 0.4) is 0 Å². The standard InChI is InChI=1S/C13H20N6S2/c1-19(2)8-10-3-4-15-11(7-10)9-20-6-5-16-13-12(14)17-21-18-13/h3-4,7H,5-6,8-9H2,1-2H3,(H2,14,17)(H,16,18). The molecule has 0 amide bonds. The van der Waals surface area contributed by atoms with Gasteiger partial charge in [-0.1, -0.05) is 0 Å². The highest BCUT2D eigenvalue weighted by Crippen LogP contribution is 2.15. The zero-order valence-corrected chi connectivity index (χ0v) is 13.9. The third-order valence-electron chi connectivity index (χ3n) is 2.68. The van der Waals surface area contributed by atoms with Crippen LogP contribution < -0.4 is 11.1 Å². The summed E-state index contributed by atoms with van der Waals surface area (Å²) >= 11 is 2.96. The second-order valence-corrected chi connectivity index (χ2v) is 6.50. The van der Waals surface area contributed by atoms with Crippen LogP contribution in [0.2, 0.25) is 0 Å². The van der Waals surface area contributed by atoms with Crippen molar-refractivity contribution in [2.24, 2.45) is 0 Å². The largest absolute Gasteiger partial charge is 0.380 e. The van der Waals surface area contributed by atoms with E-state index in [1.54, 1.807) is 0 Å². The van der Waals surface area contributed by atoms with E-state index in [1.165, 1.54) is 5.56 Å². The van der Waals surface area contributed by atoms with Gasteiger partial charge in [0.2, 0.25) is 0 Å². The molecular weight excluding hydrogens is 304 g/mol. The molecule has 0 aromatic carbocycles. The number of nitrogen functional groups attached to an aromatic ring is 1. The van der Waals surface area contributed by atoms with Crippen LogP contribution in [0.5, 0.6) is 0 Å². The maximum absolute atomic E-state index is 5.66. The predicted molar refractivity (Wildman–Crippen MR) is 90.6 cm³/mol. The number of aromatic nitrogens is 3. The number of hydrogen-bond acceptors (Lipinski definition) is 8. The van der Waals surface area contributed by atoms with Gasteiger partial charge in [0.15, 0.2) is 11.6 Å². The average Bonchev–Trinajstić information content (AvgIpc) is 2.84. The number of hydrogen-bond donors (Lipinski definition) is 2. The molecule has 3 N–H and O–H groups in total. The Morgan fingerprint density at radius 1 is 1.38 bits per heavy atom. The number of nitrogens with zero attached hydrogens (tertiary/aromatic N) is 4. The summed E-state index contributed by atoms with van der Waals surface area (Å²) in [5.74, 6) is 3.04. The second kappa shape index (κ2) is 8.16. The molecule has 2 heterocycles. The van der Waals surface area contributed by atoms with Crippen LogP contribution in [0, 0.1) is 0 Å². The summed E-state index contributed by atoms with van der Waals surface area (Å²) < 4.78 is 8.00. The molecule has 0 aliphatic rings. The van der Waals surface area contributed by atoms with Crippen molar-refractivity contribution in [1.29, 1.82) is 0 Å². The first-order valence-electron chi connectivity index (χ1n) is 6.63. The van der Waals surface area contributed by atoms with Gasteiger partial charge >= 0.3 is 0 Å². The zero-order chi connectivity index (χ0) is 15.1. The van der Waals surface area contributed by atoms with E-state index in [0.717, 1.165) is 42.0 Å². The molecule has 0 saturated heterocycles. The van der Waals surface area contributed by atoms with Crippen molar-refractivity contribution in [2.45, 2.75) is 12.3 Å². The molecule has 8 heteroatoms. The Hall–Kier alpha value is -1.38. The summed E-state index contributed by atoms with van der Waals surface area (Å²) in [5, 5.41) is 3.18. The van der Waals surface area contributed by atoms with Crippen molar-refractivity contribution < 1.29 is 0 Å². The molecule has 0 aliphatic carbocycles. The Morgan fingerprint density at radius 3 is 2.95 bits per heavy atom. The van der Waals surface area contributed by atoms with Crippen molar-refractivity contribution in [2.75, 3.05) is 37.4 Å². The van der Waals surface area contributed by atoms with Gasteiger partial charge in [0, 0.05) is 30.8 Å². The van der Waals surface area contributed by atoms with Crippen LogP contribution in [-0.2, 0) is 12.3 Å². The van der Waals surface area contributed by atoms with Gasteiger partial charge in [-0.2, -0.15) is 20.5 Å². The molecule has 2 rings (SSSR count). The highest BCUT2D eigenvalue weighted by atomic mass is 32.2. The fraction of sp³-hybridized carbons (Fsp3) is 0.462. The summed E-state index contributed by atoms with van der Waals surface area (Å²) in [6.45, 7) is 1.76. The predicted octanol–water partition coefficient (Wildman–Crippen LogP) is 1.92. The third kappa shape index (κ3) is 5.49. The molecule has 0 atom stereocenters. The molecule has 2 aromatic rings. The number of pyridine rings is 1. The van der Waals surface area contributed by atoms with Crippen molar-refractivity contribution in [1.82, 2.24) is 18.6 Å². The quantitative estimate of drug-likeness (QED) is 0.718. The summed E-state index contributed by atoms with van der Waals surface area (Å²) in [6.07, 6.45) is 1.88. The second-order valence-electron chi connectivity index (χ2n) is 4.87. The van der Waals surface area contributed by atoms with Crippen LogP contribution in [0.25, 0.3) is 0 Å². The lowest BCUT2D eigenvalue weighted by Crippen LogP contribution is -2.11. The normalized spacial score (nSPS) is 11.0. The molecule has 0 unspecified atom stereocenters. The molecule has 0 saturated carbocycles. The van der Waals surface area contributed by atoms with Gasteiger partial charge in [-0.3, -0.25) is 4.98 Å². The molecule has 6 nitrogen and oxygen atoms in total. The van der Waals surface area contributed by atoms with E-state index in [1.807, 2.05) is 18.0 Å². The lowest BCUT2D eigenvalue weighted by atomic mass is 10.2. The van der Waals surface area contributed by atoms with Gasteiger partial charge in [-0.05, 0) is 31.8 Å². The summed E-state index contributed by atoms with van der Waals surface area (Å²) in [5.41, 5.74) is 8.07. The fourth-order valence-corrected chi connectivity index (χ4v) is 3.02. The zero-order valence-electron chi connectivity index (χ0n) is 12.2. The van der Waals surface area contributed by atoms with Crippen LogP contribution in [-0.4, -0.2) is 45.0 Å². The van der Waals surface area contributed by atoms with Crippen molar-refractivity contribution >= 4 is 35.1 Å². The van der Waals surface area contributed by atoms with E-state index >= 15 is 0 Å². The first kappa shape index (κ1) is 16.0. The van der Waals surface area contributed by atoms with Gasteiger partial charge in [0.1, 0.15) is 0 Å². The Bertz CT molecular complexity index is 557. The van der Waals surface area contributed by atoms with E-state index in [2.05, 4.69) is 50.2 Å². The van der Waals surface area contributed by atoms with E-state index in [4.69, 9.17) is 5.73 Å². The number of rotatable bonds is 8. The molecule has 0 bridgehead atoms. The Balaban J connectivity index is 1.70. The van der Waals surface area contributed by atoms with Crippen LogP contribution in [0.4, 0.5) is 11.6 Å². The monoisotopic (exact) mass is 324 g/mol. The average molecular weight is 324 g/mol.